The number of halogens is 1. The number of aromatic nitrogens is 1. The molecule has 11 heteroatoms. The zero-order valence-electron chi connectivity index (χ0n) is 28.8. The summed E-state index contributed by atoms with van der Waals surface area (Å²) in [5.41, 5.74) is 10.2. The van der Waals surface area contributed by atoms with E-state index in [1.807, 2.05) is 79.1 Å². The monoisotopic (exact) mass is 688 g/mol. The van der Waals surface area contributed by atoms with Crippen LogP contribution in [0.15, 0.2) is 84.9 Å². The van der Waals surface area contributed by atoms with Crippen LogP contribution in [0.2, 0.25) is 0 Å². The fraction of sp³-hybridized carbons (Fsp3) is 0.385. The molecule has 268 valence electrons. The summed E-state index contributed by atoms with van der Waals surface area (Å²) < 4.78 is 26.8. The van der Waals surface area contributed by atoms with Gasteiger partial charge in [-0.3, -0.25) is 9.59 Å². The number of ether oxygens (including phenoxy) is 2. The van der Waals surface area contributed by atoms with Gasteiger partial charge in [0, 0.05) is 36.6 Å². The van der Waals surface area contributed by atoms with Crippen molar-refractivity contribution in [3.8, 4) is 22.4 Å². The van der Waals surface area contributed by atoms with E-state index < -0.39 is 12.2 Å². The van der Waals surface area contributed by atoms with E-state index in [2.05, 4.69) is 10.6 Å². The first-order valence-electron chi connectivity index (χ1n) is 17.1. The minimum absolute atomic E-state index is 0.0144. The molecule has 0 aliphatic carbocycles. The topological polar surface area (TPSA) is 148 Å². The van der Waals surface area contributed by atoms with Crippen LogP contribution >= 0.6 is 0 Å². The summed E-state index contributed by atoms with van der Waals surface area (Å²) >= 11 is 0. The Kier molecular flexibility index (Phi) is 15.1. The largest absolute Gasteiger partial charge is 0.393 e. The first-order valence-corrected chi connectivity index (χ1v) is 17.1. The van der Waals surface area contributed by atoms with Crippen molar-refractivity contribution in [3.63, 3.8) is 0 Å². The van der Waals surface area contributed by atoms with Crippen LogP contribution in [0, 0.1) is 5.82 Å². The summed E-state index contributed by atoms with van der Waals surface area (Å²) in [6, 6.07) is 25.0. The molecule has 1 aromatic heterocycles. The van der Waals surface area contributed by atoms with E-state index in [0.717, 1.165) is 17.0 Å². The molecule has 0 radical (unpaired) electrons. The van der Waals surface area contributed by atoms with Gasteiger partial charge in [-0.05, 0) is 66.3 Å². The number of hydrogen-bond acceptors (Lipinski definition) is 7. The van der Waals surface area contributed by atoms with Gasteiger partial charge in [-0.25, -0.2) is 4.39 Å². The predicted molar refractivity (Wildman–Crippen MR) is 193 cm³/mol. The molecule has 0 fully saturated rings. The van der Waals surface area contributed by atoms with Crippen LogP contribution in [-0.2, 0) is 20.8 Å². The smallest absolute Gasteiger partial charge is 0.258 e. The maximum absolute atomic E-state index is 14.2. The number of rotatable bonds is 20. The fourth-order valence-corrected chi connectivity index (χ4v) is 5.96. The number of nitrogens with two attached hydrogens (primary N) is 1. The van der Waals surface area contributed by atoms with Crippen molar-refractivity contribution in [2.45, 2.75) is 57.8 Å². The van der Waals surface area contributed by atoms with E-state index in [1.54, 1.807) is 12.1 Å². The Morgan fingerprint density at radius 2 is 1.48 bits per heavy atom. The lowest BCUT2D eigenvalue weighted by Crippen LogP contribution is -2.32. The molecule has 0 aliphatic rings. The van der Waals surface area contributed by atoms with Crippen molar-refractivity contribution >= 4 is 17.5 Å². The maximum atomic E-state index is 14.2. The zero-order chi connectivity index (χ0) is 35.9. The lowest BCUT2D eigenvalue weighted by atomic mass is 9.94. The van der Waals surface area contributed by atoms with Gasteiger partial charge in [0.2, 0.25) is 5.91 Å². The molecule has 1 heterocycles. The molecule has 4 rings (SSSR count). The third-order valence-corrected chi connectivity index (χ3v) is 8.14. The third-order valence-electron chi connectivity index (χ3n) is 8.14. The number of carbonyl (C=O) groups excluding carboxylic acids is 2. The molecule has 50 heavy (non-hydrogen) atoms. The molecule has 2 atom stereocenters. The SMILES string of the molecule is CC(C)c1c(C(=O)Nc2ccccc2)c(-c2ccccc2)c(-c2ccc(F)cc2)n1CCC(O)CC(O)CC(=O)NCCOCCOCCN. The Labute approximate surface area is 293 Å². The summed E-state index contributed by atoms with van der Waals surface area (Å²) in [7, 11) is 0. The van der Waals surface area contributed by atoms with Crippen molar-refractivity contribution in [1.29, 1.82) is 0 Å². The second-order valence-electron chi connectivity index (χ2n) is 12.4. The van der Waals surface area contributed by atoms with E-state index in [-0.39, 0.29) is 49.4 Å². The van der Waals surface area contributed by atoms with Crippen LogP contribution in [0.4, 0.5) is 10.1 Å². The minimum atomic E-state index is -1.06. The first kappa shape index (κ1) is 38.4. The molecule has 2 amide bonds. The molecular weight excluding hydrogens is 639 g/mol. The molecular formula is C39H49FN4O6. The van der Waals surface area contributed by atoms with E-state index in [1.165, 1.54) is 12.1 Å². The highest BCUT2D eigenvalue weighted by Crippen LogP contribution is 2.42. The molecule has 4 aromatic rings. The number of amides is 2. The number of nitrogens with zero attached hydrogens (tertiary/aromatic N) is 1. The van der Waals surface area contributed by atoms with Gasteiger partial charge < -0.3 is 40.6 Å². The molecule has 10 nitrogen and oxygen atoms in total. The highest BCUT2D eigenvalue weighted by Gasteiger charge is 2.31. The van der Waals surface area contributed by atoms with Crippen molar-refractivity contribution in [2.24, 2.45) is 5.73 Å². The van der Waals surface area contributed by atoms with Gasteiger partial charge in [-0.1, -0.05) is 62.4 Å². The summed E-state index contributed by atoms with van der Waals surface area (Å²) in [6.45, 7) is 6.62. The van der Waals surface area contributed by atoms with E-state index in [0.29, 0.717) is 61.9 Å². The normalized spacial score (nSPS) is 12.5. The maximum Gasteiger partial charge on any atom is 0.258 e. The second-order valence-corrected chi connectivity index (χ2v) is 12.4. The third kappa shape index (κ3) is 11.1. The van der Waals surface area contributed by atoms with Crippen LogP contribution in [0.3, 0.4) is 0 Å². The van der Waals surface area contributed by atoms with Crippen LogP contribution < -0.4 is 16.4 Å². The van der Waals surface area contributed by atoms with Crippen molar-refractivity contribution in [2.75, 3.05) is 44.8 Å². The van der Waals surface area contributed by atoms with Gasteiger partial charge in [0.15, 0.2) is 0 Å². The van der Waals surface area contributed by atoms with E-state index in [9.17, 15) is 24.2 Å². The molecule has 0 aliphatic heterocycles. The number of para-hydroxylation sites is 1. The van der Waals surface area contributed by atoms with Gasteiger partial charge in [-0.2, -0.15) is 0 Å². The van der Waals surface area contributed by atoms with Crippen molar-refractivity contribution < 1.29 is 33.7 Å². The number of carbonyl (C=O) groups is 2. The average molecular weight is 689 g/mol. The Hall–Kier alpha value is -4.39. The quantitative estimate of drug-likeness (QED) is 0.0788. The van der Waals surface area contributed by atoms with Crippen LogP contribution in [-0.4, -0.2) is 78.3 Å². The summed E-state index contributed by atoms with van der Waals surface area (Å²) in [6.07, 6.45) is -1.96. The van der Waals surface area contributed by atoms with Gasteiger partial charge >= 0.3 is 0 Å². The predicted octanol–water partition coefficient (Wildman–Crippen LogP) is 5.34. The summed E-state index contributed by atoms with van der Waals surface area (Å²) in [5, 5.41) is 27.5. The first-order chi connectivity index (χ1) is 24.2. The van der Waals surface area contributed by atoms with Gasteiger partial charge in [0.05, 0.1) is 56.3 Å². The number of anilines is 1. The molecule has 0 bridgehead atoms. The molecule has 6 N–H and O–H groups in total. The second kappa shape index (κ2) is 19.7. The van der Waals surface area contributed by atoms with Gasteiger partial charge in [0.25, 0.3) is 5.91 Å². The van der Waals surface area contributed by atoms with Gasteiger partial charge in [0.1, 0.15) is 5.82 Å². The van der Waals surface area contributed by atoms with Crippen LogP contribution in [0.25, 0.3) is 22.4 Å². The standard InChI is InChI=1S/C39H49FN4O6/c1-27(2)37-36(39(48)43-31-11-7-4-8-12-31)35(28-9-5-3-6-10-28)38(29-13-15-30(40)16-14-29)44(37)20-17-32(45)25-33(46)26-34(47)42-19-22-50-24-23-49-21-18-41/h3-16,27,32-33,45-46H,17-26,41H2,1-2H3,(H,42,47)(H,43,48). The molecule has 3 aromatic carbocycles. The number of hydrogen-bond donors (Lipinski definition) is 5. The van der Waals surface area contributed by atoms with Crippen molar-refractivity contribution in [3.05, 3.63) is 102 Å². The van der Waals surface area contributed by atoms with Crippen LogP contribution in [0.5, 0.6) is 0 Å². The van der Waals surface area contributed by atoms with E-state index in [4.69, 9.17) is 15.2 Å². The highest BCUT2D eigenvalue weighted by atomic mass is 19.1. The number of aliphatic hydroxyl groups excluding tert-OH is 2. The zero-order valence-corrected chi connectivity index (χ0v) is 28.8. The minimum Gasteiger partial charge on any atom is -0.393 e. The number of nitrogens with one attached hydrogen (secondary N) is 2. The molecule has 0 saturated heterocycles. The number of aliphatic hydroxyl groups is 2. The summed E-state index contributed by atoms with van der Waals surface area (Å²) in [4.78, 5) is 26.6. The van der Waals surface area contributed by atoms with Gasteiger partial charge in [-0.15, -0.1) is 0 Å². The Morgan fingerprint density at radius 1 is 0.840 bits per heavy atom. The Morgan fingerprint density at radius 3 is 2.12 bits per heavy atom. The lowest BCUT2D eigenvalue weighted by molar-refractivity contribution is -0.123. The average Bonchev–Trinajstić information content (AvgIpc) is 3.45. The molecule has 2 unspecified atom stereocenters. The molecule has 0 spiro atoms. The Balaban J connectivity index is 1.56. The van der Waals surface area contributed by atoms with Crippen molar-refractivity contribution in [1.82, 2.24) is 9.88 Å². The highest BCUT2D eigenvalue weighted by molar-refractivity contribution is 6.12. The Bertz CT molecular complexity index is 1630. The number of benzene rings is 3. The van der Waals surface area contributed by atoms with Crippen LogP contribution in [0.1, 0.15) is 55.1 Å². The molecule has 0 saturated carbocycles. The lowest BCUT2D eigenvalue weighted by Gasteiger charge is -2.20. The van der Waals surface area contributed by atoms with E-state index >= 15 is 0 Å². The summed E-state index contributed by atoms with van der Waals surface area (Å²) in [5.74, 6) is -1.13. The fourth-order valence-electron chi connectivity index (χ4n) is 5.96.